The number of nitrogens with zero attached hydrogens (tertiary/aromatic N) is 1. The number of aryl methyl sites for hydroxylation is 1. The third kappa shape index (κ3) is 3.74. The van der Waals surface area contributed by atoms with Crippen LogP contribution in [0.15, 0.2) is 16.3 Å². The molecule has 1 fully saturated rings. The van der Waals surface area contributed by atoms with E-state index >= 15 is 0 Å². The molecule has 1 aromatic rings. The van der Waals surface area contributed by atoms with Crippen LogP contribution < -0.4 is 5.73 Å². The predicted octanol–water partition coefficient (Wildman–Crippen LogP) is 2.62. The first-order valence-electron chi connectivity index (χ1n) is 6.90. The van der Waals surface area contributed by atoms with Gasteiger partial charge in [-0.3, -0.25) is 0 Å². The van der Waals surface area contributed by atoms with Crippen LogP contribution in [0.1, 0.15) is 37.5 Å². The van der Waals surface area contributed by atoms with E-state index in [2.05, 4.69) is 0 Å². The summed E-state index contributed by atoms with van der Waals surface area (Å²) in [5.41, 5.74) is 5.61. The normalized spacial score (nSPS) is 20.6. The summed E-state index contributed by atoms with van der Waals surface area (Å²) in [6.45, 7) is 3.22. The fraction of sp³-hybridized carbons (Fsp3) is 0.692. The standard InChI is InChI=1S/C13H22N2O2S2.ClH/c1-2-12-6-7-13(18-12)19(16,17)15-10-4-3-5-11(15)8-9-14;/h6-7,11H,2-5,8-10,14H2,1H3;1H. The van der Waals surface area contributed by atoms with Crippen LogP contribution in [-0.2, 0) is 16.4 Å². The molecule has 2 rings (SSSR count). The average Bonchev–Trinajstić information content (AvgIpc) is 2.89. The van der Waals surface area contributed by atoms with Gasteiger partial charge in [0.25, 0.3) is 10.0 Å². The second-order valence-electron chi connectivity index (χ2n) is 4.92. The Bertz CT molecular complexity index is 514. The lowest BCUT2D eigenvalue weighted by Gasteiger charge is -2.34. The first kappa shape index (κ1) is 17.9. The highest BCUT2D eigenvalue weighted by Gasteiger charge is 2.33. The van der Waals surface area contributed by atoms with Gasteiger partial charge in [-0.2, -0.15) is 4.31 Å². The monoisotopic (exact) mass is 338 g/mol. The Morgan fingerprint density at radius 1 is 1.40 bits per heavy atom. The Morgan fingerprint density at radius 2 is 2.15 bits per heavy atom. The summed E-state index contributed by atoms with van der Waals surface area (Å²) in [6, 6.07) is 3.74. The lowest BCUT2D eigenvalue weighted by atomic mass is 10.0. The van der Waals surface area contributed by atoms with Crippen molar-refractivity contribution in [1.82, 2.24) is 4.31 Å². The molecule has 0 bridgehead atoms. The van der Waals surface area contributed by atoms with Crippen molar-refractivity contribution in [3.8, 4) is 0 Å². The van der Waals surface area contributed by atoms with Crippen LogP contribution >= 0.6 is 23.7 Å². The van der Waals surface area contributed by atoms with E-state index in [0.29, 0.717) is 17.3 Å². The molecule has 0 aromatic carbocycles. The van der Waals surface area contributed by atoms with E-state index in [9.17, 15) is 8.42 Å². The highest BCUT2D eigenvalue weighted by atomic mass is 35.5. The fourth-order valence-electron chi connectivity index (χ4n) is 2.57. The third-order valence-electron chi connectivity index (χ3n) is 3.62. The molecule has 2 N–H and O–H groups in total. The van der Waals surface area contributed by atoms with Crippen LogP contribution in [0.3, 0.4) is 0 Å². The third-order valence-corrected chi connectivity index (χ3v) is 7.27. The van der Waals surface area contributed by atoms with Crippen molar-refractivity contribution in [3.63, 3.8) is 0 Å². The summed E-state index contributed by atoms with van der Waals surface area (Å²) in [6.07, 6.45) is 4.62. The van der Waals surface area contributed by atoms with Gasteiger partial charge in [-0.05, 0) is 44.4 Å². The summed E-state index contributed by atoms with van der Waals surface area (Å²) >= 11 is 1.39. The first-order chi connectivity index (χ1) is 9.09. The topological polar surface area (TPSA) is 63.4 Å². The second-order valence-corrected chi connectivity index (χ2v) is 8.20. The predicted molar refractivity (Wildman–Crippen MR) is 86.1 cm³/mol. The van der Waals surface area contributed by atoms with Gasteiger partial charge in [0.05, 0.1) is 0 Å². The summed E-state index contributed by atoms with van der Waals surface area (Å²) in [5, 5.41) is 0. The summed E-state index contributed by atoms with van der Waals surface area (Å²) < 4.78 is 27.5. The fourth-order valence-corrected chi connectivity index (χ4v) is 5.72. The van der Waals surface area contributed by atoms with Crippen LogP contribution in [0, 0.1) is 0 Å². The van der Waals surface area contributed by atoms with E-state index in [1.807, 2.05) is 13.0 Å². The van der Waals surface area contributed by atoms with E-state index in [-0.39, 0.29) is 18.4 Å². The maximum atomic E-state index is 12.7. The van der Waals surface area contributed by atoms with E-state index in [1.165, 1.54) is 11.3 Å². The van der Waals surface area contributed by atoms with Crippen molar-refractivity contribution in [2.75, 3.05) is 13.1 Å². The van der Waals surface area contributed by atoms with Gasteiger partial charge in [0.15, 0.2) is 0 Å². The molecule has 1 aliphatic rings. The molecule has 0 aliphatic carbocycles. The maximum absolute atomic E-state index is 12.7. The average molecular weight is 339 g/mol. The minimum absolute atomic E-state index is 0. The van der Waals surface area contributed by atoms with Crippen LogP contribution in [0.2, 0.25) is 0 Å². The van der Waals surface area contributed by atoms with Crippen molar-refractivity contribution in [1.29, 1.82) is 0 Å². The molecule has 7 heteroatoms. The molecule has 1 unspecified atom stereocenters. The van der Waals surface area contributed by atoms with Gasteiger partial charge in [-0.25, -0.2) is 8.42 Å². The maximum Gasteiger partial charge on any atom is 0.252 e. The highest BCUT2D eigenvalue weighted by Crippen LogP contribution is 2.30. The van der Waals surface area contributed by atoms with Crippen molar-refractivity contribution in [3.05, 3.63) is 17.0 Å². The van der Waals surface area contributed by atoms with Crippen LogP contribution in [0.25, 0.3) is 0 Å². The Kier molecular flexibility index (Phi) is 6.94. The molecular weight excluding hydrogens is 316 g/mol. The number of sulfonamides is 1. The van der Waals surface area contributed by atoms with Crippen LogP contribution in [0.5, 0.6) is 0 Å². The van der Waals surface area contributed by atoms with Crippen molar-refractivity contribution in [2.45, 2.75) is 49.3 Å². The van der Waals surface area contributed by atoms with E-state index in [1.54, 1.807) is 10.4 Å². The van der Waals surface area contributed by atoms with Crippen molar-refractivity contribution >= 4 is 33.8 Å². The van der Waals surface area contributed by atoms with Crippen molar-refractivity contribution < 1.29 is 8.42 Å². The van der Waals surface area contributed by atoms with Crippen molar-refractivity contribution in [2.24, 2.45) is 5.73 Å². The van der Waals surface area contributed by atoms with Crippen LogP contribution in [-0.4, -0.2) is 31.9 Å². The smallest absolute Gasteiger partial charge is 0.252 e. The molecule has 1 atom stereocenters. The lowest BCUT2D eigenvalue weighted by molar-refractivity contribution is 0.243. The van der Waals surface area contributed by atoms with E-state index in [0.717, 1.165) is 37.0 Å². The van der Waals surface area contributed by atoms with Gasteiger partial charge >= 0.3 is 0 Å². The zero-order valence-electron chi connectivity index (χ0n) is 11.7. The Morgan fingerprint density at radius 3 is 2.75 bits per heavy atom. The Labute approximate surface area is 131 Å². The molecule has 0 radical (unpaired) electrons. The molecule has 116 valence electrons. The molecule has 0 saturated carbocycles. The molecule has 1 saturated heterocycles. The lowest BCUT2D eigenvalue weighted by Crippen LogP contribution is -2.44. The van der Waals surface area contributed by atoms with E-state index in [4.69, 9.17) is 5.73 Å². The van der Waals surface area contributed by atoms with Gasteiger partial charge in [-0.15, -0.1) is 23.7 Å². The number of rotatable bonds is 5. The Balaban J connectivity index is 0.00000200. The SMILES string of the molecule is CCc1ccc(S(=O)(=O)N2CCCCC2CCN)s1.Cl. The summed E-state index contributed by atoms with van der Waals surface area (Å²) in [4.78, 5) is 1.12. The van der Waals surface area contributed by atoms with E-state index < -0.39 is 10.0 Å². The molecule has 0 amide bonds. The molecule has 1 aromatic heterocycles. The second kappa shape index (κ2) is 7.75. The van der Waals surface area contributed by atoms with Gasteiger partial charge in [0, 0.05) is 17.5 Å². The van der Waals surface area contributed by atoms with Gasteiger partial charge < -0.3 is 5.73 Å². The minimum atomic E-state index is -3.33. The highest BCUT2D eigenvalue weighted by molar-refractivity contribution is 7.91. The van der Waals surface area contributed by atoms with Gasteiger partial charge in [0.1, 0.15) is 4.21 Å². The molecule has 4 nitrogen and oxygen atoms in total. The minimum Gasteiger partial charge on any atom is -0.330 e. The molecular formula is C13H23ClN2O2S2. The molecule has 0 spiro atoms. The van der Waals surface area contributed by atoms with Gasteiger partial charge in [-0.1, -0.05) is 13.3 Å². The first-order valence-corrected chi connectivity index (χ1v) is 9.16. The number of hydrogen-bond acceptors (Lipinski definition) is 4. The molecule has 2 heterocycles. The molecule has 20 heavy (non-hydrogen) atoms. The largest absolute Gasteiger partial charge is 0.330 e. The summed E-state index contributed by atoms with van der Waals surface area (Å²) in [5.74, 6) is 0. The number of nitrogens with two attached hydrogens (primary N) is 1. The Hall–Kier alpha value is -0.140. The number of halogens is 1. The molecule has 1 aliphatic heterocycles. The van der Waals surface area contributed by atoms with Crippen LogP contribution in [0.4, 0.5) is 0 Å². The zero-order valence-corrected chi connectivity index (χ0v) is 14.2. The van der Waals surface area contributed by atoms with Gasteiger partial charge in [0.2, 0.25) is 0 Å². The summed E-state index contributed by atoms with van der Waals surface area (Å²) in [7, 11) is -3.33. The quantitative estimate of drug-likeness (QED) is 0.897. The number of thiophene rings is 1. The number of piperidine rings is 1. The number of hydrogen-bond donors (Lipinski definition) is 1. The zero-order chi connectivity index (χ0) is 13.9.